The largest absolute Gasteiger partial charge is 0.472 e. The zero-order chi connectivity index (χ0) is 33.3. The molecule has 0 saturated carbocycles. The molecular weight excluding hydrogens is 593 g/mol. The number of carbonyl (C=O) groups excluding carboxylic acids is 2. The summed E-state index contributed by atoms with van der Waals surface area (Å²) in [6, 6.07) is 0. The van der Waals surface area contributed by atoms with Gasteiger partial charge in [-0.05, 0) is 64.2 Å². The maximum Gasteiger partial charge on any atom is 0.472 e. The third-order valence-electron chi connectivity index (χ3n) is 6.15. The zero-order valence-corrected chi connectivity index (χ0v) is 28.4. The summed E-state index contributed by atoms with van der Waals surface area (Å²) in [5.74, 6) is -0.596. The number of aliphatic hydroxyl groups is 1. The van der Waals surface area contributed by atoms with Crippen molar-refractivity contribution in [1.82, 2.24) is 5.32 Å². The van der Waals surface area contributed by atoms with Crippen LogP contribution in [0.3, 0.4) is 0 Å². The Labute approximate surface area is 271 Å². The Morgan fingerprint density at radius 2 is 1.24 bits per heavy atom. The Morgan fingerprint density at radius 3 is 1.80 bits per heavy atom. The maximum atomic E-state index is 11.9. The molecule has 0 aliphatic heterocycles. The SMILES string of the molecule is CC/C=C\C/C=C\C/C=C\C/C=C\C/C=C\C/C=C\CCCCC(=O)NCCOP(=O)(O)OCC(O)COC(=O)CCCCC. The second-order valence-corrected chi connectivity index (χ2v) is 11.9. The van der Waals surface area contributed by atoms with E-state index in [1.54, 1.807) is 0 Å². The van der Waals surface area contributed by atoms with Crippen LogP contribution in [0.2, 0.25) is 0 Å². The average Bonchev–Trinajstić information content (AvgIpc) is 3.02. The van der Waals surface area contributed by atoms with E-state index in [2.05, 4.69) is 85.2 Å². The number of hydrogen-bond donors (Lipinski definition) is 3. The lowest BCUT2D eigenvalue weighted by Crippen LogP contribution is -2.27. The molecular formula is C35H58NO8P. The summed E-state index contributed by atoms with van der Waals surface area (Å²) in [6.07, 6.45) is 36.4. The van der Waals surface area contributed by atoms with Gasteiger partial charge in [-0.25, -0.2) is 4.57 Å². The molecule has 3 N–H and O–H groups in total. The molecule has 0 heterocycles. The van der Waals surface area contributed by atoms with Crippen LogP contribution in [-0.4, -0.2) is 54.3 Å². The van der Waals surface area contributed by atoms with Gasteiger partial charge in [0.2, 0.25) is 5.91 Å². The number of hydrogen-bond acceptors (Lipinski definition) is 7. The highest BCUT2D eigenvalue weighted by Crippen LogP contribution is 2.42. The summed E-state index contributed by atoms with van der Waals surface area (Å²) in [6.45, 7) is 3.13. The molecule has 0 fully saturated rings. The Hall–Kier alpha value is -2.55. The third-order valence-corrected chi connectivity index (χ3v) is 7.14. The second-order valence-electron chi connectivity index (χ2n) is 10.4. The number of phosphoric ester groups is 1. The van der Waals surface area contributed by atoms with Crippen LogP contribution < -0.4 is 5.32 Å². The highest BCUT2D eigenvalue weighted by atomic mass is 31.2. The first kappa shape index (κ1) is 42.5. The van der Waals surface area contributed by atoms with E-state index in [1.807, 2.05) is 6.92 Å². The van der Waals surface area contributed by atoms with Gasteiger partial charge in [-0.2, -0.15) is 0 Å². The number of rotatable bonds is 29. The molecule has 45 heavy (non-hydrogen) atoms. The molecule has 0 aromatic carbocycles. The number of unbranched alkanes of at least 4 members (excludes halogenated alkanes) is 4. The summed E-state index contributed by atoms with van der Waals surface area (Å²) in [7, 11) is -4.41. The van der Waals surface area contributed by atoms with Crippen molar-refractivity contribution in [3.05, 3.63) is 72.9 Å². The van der Waals surface area contributed by atoms with Crippen LogP contribution in [0.1, 0.15) is 104 Å². The van der Waals surface area contributed by atoms with E-state index >= 15 is 0 Å². The molecule has 0 spiro atoms. The van der Waals surface area contributed by atoms with E-state index in [-0.39, 0.29) is 32.1 Å². The van der Waals surface area contributed by atoms with Crippen LogP contribution in [0, 0.1) is 0 Å². The molecule has 2 atom stereocenters. The monoisotopic (exact) mass is 651 g/mol. The normalized spacial score (nSPS) is 14.5. The molecule has 0 aliphatic rings. The lowest BCUT2D eigenvalue weighted by atomic mass is 10.1. The minimum Gasteiger partial charge on any atom is -0.463 e. The number of phosphoric acid groups is 1. The quantitative estimate of drug-likeness (QED) is 0.0321. The van der Waals surface area contributed by atoms with Gasteiger partial charge in [0, 0.05) is 19.4 Å². The molecule has 9 nitrogen and oxygen atoms in total. The van der Waals surface area contributed by atoms with Crippen molar-refractivity contribution in [1.29, 1.82) is 0 Å². The van der Waals surface area contributed by atoms with Crippen molar-refractivity contribution in [2.24, 2.45) is 0 Å². The number of esters is 1. The van der Waals surface area contributed by atoms with Crippen molar-refractivity contribution >= 4 is 19.7 Å². The van der Waals surface area contributed by atoms with Gasteiger partial charge in [-0.1, -0.05) is 99.6 Å². The third kappa shape index (κ3) is 32.6. The van der Waals surface area contributed by atoms with Crippen molar-refractivity contribution in [3.8, 4) is 0 Å². The van der Waals surface area contributed by atoms with Crippen LogP contribution in [0.4, 0.5) is 0 Å². The van der Waals surface area contributed by atoms with Gasteiger partial charge in [-0.15, -0.1) is 0 Å². The predicted molar refractivity (Wildman–Crippen MR) is 183 cm³/mol. The summed E-state index contributed by atoms with van der Waals surface area (Å²) in [4.78, 5) is 33.2. The van der Waals surface area contributed by atoms with Gasteiger partial charge in [0.05, 0.1) is 13.2 Å². The number of allylic oxidation sites excluding steroid dienone is 12. The Morgan fingerprint density at radius 1 is 0.711 bits per heavy atom. The fourth-order valence-corrected chi connectivity index (χ4v) is 4.43. The Bertz CT molecular complexity index is 971. The molecule has 0 aromatic heterocycles. The number of aliphatic hydroxyl groups excluding tert-OH is 1. The summed E-state index contributed by atoms with van der Waals surface area (Å²) < 4.78 is 26.3. The van der Waals surface area contributed by atoms with Crippen molar-refractivity contribution < 1.29 is 37.9 Å². The topological polar surface area (TPSA) is 131 Å². The molecule has 1 amide bonds. The van der Waals surface area contributed by atoms with E-state index < -0.39 is 26.5 Å². The Kier molecular flexibility index (Phi) is 29.7. The first-order chi connectivity index (χ1) is 21.8. The number of ether oxygens (including phenoxy) is 1. The molecule has 0 radical (unpaired) electrons. The van der Waals surface area contributed by atoms with Crippen LogP contribution >= 0.6 is 7.82 Å². The lowest BCUT2D eigenvalue weighted by Gasteiger charge is -2.15. The smallest absolute Gasteiger partial charge is 0.463 e. The molecule has 2 unspecified atom stereocenters. The highest BCUT2D eigenvalue weighted by Gasteiger charge is 2.23. The van der Waals surface area contributed by atoms with E-state index in [0.29, 0.717) is 12.8 Å². The fraction of sp³-hybridized carbons (Fsp3) is 0.600. The van der Waals surface area contributed by atoms with Crippen molar-refractivity contribution in [3.63, 3.8) is 0 Å². The summed E-state index contributed by atoms with van der Waals surface area (Å²) >= 11 is 0. The number of carbonyl (C=O) groups is 2. The number of nitrogens with one attached hydrogen (secondary N) is 1. The van der Waals surface area contributed by atoms with E-state index in [1.165, 1.54) is 0 Å². The summed E-state index contributed by atoms with van der Waals surface area (Å²) in [5.41, 5.74) is 0. The van der Waals surface area contributed by atoms with Crippen LogP contribution in [0.15, 0.2) is 72.9 Å². The Balaban J connectivity index is 3.73. The van der Waals surface area contributed by atoms with Gasteiger partial charge >= 0.3 is 13.8 Å². The predicted octanol–water partition coefficient (Wildman–Crippen LogP) is 7.98. The molecule has 0 rings (SSSR count). The molecule has 0 saturated heterocycles. The zero-order valence-electron chi connectivity index (χ0n) is 27.5. The lowest BCUT2D eigenvalue weighted by molar-refractivity contribution is -0.147. The van der Waals surface area contributed by atoms with Crippen molar-refractivity contribution in [2.75, 3.05) is 26.4 Å². The maximum absolute atomic E-state index is 11.9. The molecule has 0 aromatic rings. The van der Waals surface area contributed by atoms with Gasteiger partial charge in [0.25, 0.3) is 0 Å². The van der Waals surface area contributed by atoms with E-state index in [0.717, 1.165) is 70.6 Å². The molecule has 10 heteroatoms. The van der Waals surface area contributed by atoms with Crippen LogP contribution in [0.25, 0.3) is 0 Å². The molecule has 256 valence electrons. The van der Waals surface area contributed by atoms with Crippen LogP contribution in [-0.2, 0) is 27.9 Å². The minimum atomic E-state index is -4.41. The van der Waals surface area contributed by atoms with E-state index in [9.17, 15) is 24.2 Å². The average molecular weight is 652 g/mol. The van der Waals surface area contributed by atoms with Gasteiger partial charge in [0.1, 0.15) is 12.7 Å². The fourth-order valence-electron chi connectivity index (χ4n) is 3.67. The standard InChI is InChI=1S/C35H58NO8P/c1-3-5-7-8-9-10-11-12-13-14-15-16-17-18-19-20-21-22-23-24-26-27-34(38)36-29-30-43-45(40,41)44-32-33(37)31-42-35(39)28-25-6-4-2/h5,7,9-10,12-13,15-16,18-19,21-22,33,37H,3-4,6,8,11,14,17,20,23-32H2,1-2H3,(H,36,38)(H,40,41)/b7-5-,10-9-,13-12-,16-15-,19-18-,22-21-. The van der Waals surface area contributed by atoms with Crippen LogP contribution in [0.5, 0.6) is 0 Å². The molecule has 0 aliphatic carbocycles. The van der Waals surface area contributed by atoms with Gasteiger partial charge < -0.3 is 20.1 Å². The first-order valence-corrected chi connectivity index (χ1v) is 17.9. The first-order valence-electron chi connectivity index (χ1n) is 16.4. The number of amides is 1. The summed E-state index contributed by atoms with van der Waals surface area (Å²) in [5, 5.41) is 12.4. The van der Waals surface area contributed by atoms with E-state index in [4.69, 9.17) is 13.8 Å². The highest BCUT2D eigenvalue weighted by molar-refractivity contribution is 7.47. The minimum absolute atomic E-state index is 0.0534. The molecule has 0 bridgehead atoms. The van der Waals surface area contributed by atoms with Crippen molar-refractivity contribution in [2.45, 2.75) is 110 Å². The van der Waals surface area contributed by atoms with Gasteiger partial charge in [0.15, 0.2) is 0 Å². The van der Waals surface area contributed by atoms with Gasteiger partial charge in [-0.3, -0.25) is 18.6 Å². The second kappa shape index (κ2) is 31.4.